The number of nitrogen functional groups attached to an aromatic ring is 1. The Hall–Kier alpha value is -1.07. The number of ether oxygens (including phenoxy) is 1. The smallest absolute Gasteiger partial charge is 0.0822 e. The molecule has 1 aromatic rings. The van der Waals surface area contributed by atoms with Crippen molar-refractivity contribution in [2.24, 2.45) is 0 Å². The first kappa shape index (κ1) is 11.4. The van der Waals surface area contributed by atoms with Crippen molar-refractivity contribution in [3.63, 3.8) is 0 Å². The monoisotopic (exact) mass is 224 g/mol. The van der Waals surface area contributed by atoms with Gasteiger partial charge in [0.2, 0.25) is 0 Å². The first-order valence-electron chi connectivity index (χ1n) is 5.85. The maximum atomic E-state index is 5.74. The number of hydrogen-bond acceptors (Lipinski definition) is 4. The molecule has 2 heterocycles. The summed E-state index contributed by atoms with van der Waals surface area (Å²) in [5.74, 6) is 0. The van der Waals surface area contributed by atoms with Crippen LogP contribution in [0.1, 0.15) is 12.1 Å². The molecule has 1 aromatic heterocycles. The number of nitrogens with two attached hydrogens (primary N) is 1. The van der Waals surface area contributed by atoms with Gasteiger partial charge < -0.3 is 10.5 Å². The zero-order chi connectivity index (χ0) is 11.4. The van der Waals surface area contributed by atoms with Gasteiger partial charge in [-0.2, -0.15) is 5.10 Å². The van der Waals surface area contributed by atoms with Gasteiger partial charge in [-0.05, 0) is 13.3 Å². The molecule has 0 atom stereocenters. The first-order chi connectivity index (χ1) is 7.75. The van der Waals surface area contributed by atoms with Gasteiger partial charge in [0, 0.05) is 32.4 Å². The van der Waals surface area contributed by atoms with Crippen LogP contribution in [0.15, 0.2) is 6.20 Å². The molecule has 0 radical (unpaired) electrons. The Morgan fingerprint density at radius 2 is 2.12 bits per heavy atom. The Bertz CT molecular complexity index is 311. The van der Waals surface area contributed by atoms with Crippen molar-refractivity contribution in [1.29, 1.82) is 0 Å². The minimum absolute atomic E-state index is 0.784. The lowest BCUT2D eigenvalue weighted by Crippen LogP contribution is -2.37. The zero-order valence-corrected chi connectivity index (χ0v) is 9.85. The molecular formula is C11H20N4O. The lowest BCUT2D eigenvalue weighted by atomic mass is 10.3. The van der Waals surface area contributed by atoms with Gasteiger partial charge in [-0.3, -0.25) is 9.58 Å². The van der Waals surface area contributed by atoms with Crippen LogP contribution in [0.5, 0.6) is 0 Å². The fourth-order valence-electron chi connectivity index (χ4n) is 1.93. The maximum Gasteiger partial charge on any atom is 0.0822 e. The number of aromatic nitrogens is 2. The van der Waals surface area contributed by atoms with E-state index in [0.29, 0.717) is 0 Å². The second kappa shape index (κ2) is 5.32. The van der Waals surface area contributed by atoms with Crippen LogP contribution in [0.3, 0.4) is 0 Å². The topological polar surface area (TPSA) is 56.3 Å². The minimum Gasteiger partial charge on any atom is -0.396 e. The number of hydrogen-bond donors (Lipinski definition) is 1. The SMILES string of the molecule is Cc1nn(CCCN2CCOCC2)cc1N. The van der Waals surface area contributed by atoms with Crippen molar-refractivity contribution in [1.82, 2.24) is 14.7 Å². The number of aryl methyl sites for hydroxylation is 2. The van der Waals surface area contributed by atoms with Crippen LogP contribution in [-0.2, 0) is 11.3 Å². The van der Waals surface area contributed by atoms with Gasteiger partial charge in [-0.15, -0.1) is 0 Å². The summed E-state index contributed by atoms with van der Waals surface area (Å²) in [6.45, 7) is 7.84. The van der Waals surface area contributed by atoms with Crippen molar-refractivity contribution in [2.45, 2.75) is 19.9 Å². The molecule has 5 nitrogen and oxygen atoms in total. The summed E-state index contributed by atoms with van der Waals surface area (Å²) in [6.07, 6.45) is 3.02. The number of anilines is 1. The Morgan fingerprint density at radius 3 is 2.75 bits per heavy atom. The third-order valence-corrected chi connectivity index (χ3v) is 2.95. The van der Waals surface area contributed by atoms with E-state index in [2.05, 4.69) is 10.00 Å². The van der Waals surface area contributed by atoms with Gasteiger partial charge in [-0.25, -0.2) is 0 Å². The molecule has 2 N–H and O–H groups in total. The van der Waals surface area contributed by atoms with Gasteiger partial charge in [0.05, 0.1) is 24.6 Å². The number of morpholine rings is 1. The molecule has 5 heteroatoms. The second-order valence-corrected chi connectivity index (χ2v) is 4.24. The van der Waals surface area contributed by atoms with Crippen LogP contribution < -0.4 is 5.73 Å². The predicted octanol–water partition coefficient (Wildman–Crippen LogP) is 0.496. The summed E-state index contributed by atoms with van der Waals surface area (Å²) >= 11 is 0. The van der Waals surface area contributed by atoms with E-state index in [4.69, 9.17) is 10.5 Å². The van der Waals surface area contributed by atoms with E-state index >= 15 is 0 Å². The van der Waals surface area contributed by atoms with Gasteiger partial charge in [0.25, 0.3) is 0 Å². The van der Waals surface area contributed by atoms with E-state index in [0.717, 1.165) is 57.2 Å². The minimum atomic E-state index is 0.784. The summed E-state index contributed by atoms with van der Waals surface area (Å²) < 4.78 is 7.24. The van der Waals surface area contributed by atoms with E-state index in [1.165, 1.54) is 0 Å². The number of rotatable bonds is 4. The van der Waals surface area contributed by atoms with Crippen LogP contribution in [0.2, 0.25) is 0 Å². The number of nitrogens with zero attached hydrogens (tertiary/aromatic N) is 3. The highest BCUT2D eigenvalue weighted by Crippen LogP contribution is 2.07. The van der Waals surface area contributed by atoms with Crippen molar-refractivity contribution >= 4 is 5.69 Å². The van der Waals surface area contributed by atoms with Crippen LogP contribution in [-0.4, -0.2) is 47.5 Å². The molecule has 0 unspecified atom stereocenters. The Labute approximate surface area is 96.2 Å². The van der Waals surface area contributed by atoms with Crippen LogP contribution in [0, 0.1) is 6.92 Å². The van der Waals surface area contributed by atoms with Gasteiger partial charge in [-0.1, -0.05) is 0 Å². The standard InChI is InChI=1S/C11H20N4O/c1-10-11(12)9-15(13-10)4-2-3-14-5-7-16-8-6-14/h9H,2-8,12H2,1H3. The molecule has 0 saturated carbocycles. The molecular weight excluding hydrogens is 204 g/mol. The quantitative estimate of drug-likeness (QED) is 0.809. The summed E-state index contributed by atoms with van der Waals surface area (Å²) in [5, 5.41) is 4.34. The molecule has 0 aromatic carbocycles. The molecule has 1 aliphatic rings. The Kier molecular flexibility index (Phi) is 3.79. The summed E-state index contributed by atoms with van der Waals surface area (Å²) in [4.78, 5) is 2.43. The summed E-state index contributed by atoms with van der Waals surface area (Å²) in [5.41, 5.74) is 7.45. The predicted molar refractivity (Wildman–Crippen MR) is 63.3 cm³/mol. The highest BCUT2D eigenvalue weighted by atomic mass is 16.5. The normalized spacial score (nSPS) is 17.8. The van der Waals surface area contributed by atoms with Gasteiger partial charge >= 0.3 is 0 Å². The van der Waals surface area contributed by atoms with Crippen molar-refractivity contribution in [2.75, 3.05) is 38.6 Å². The largest absolute Gasteiger partial charge is 0.396 e. The molecule has 0 aliphatic carbocycles. The molecule has 0 spiro atoms. The molecule has 0 bridgehead atoms. The molecule has 1 fully saturated rings. The molecule has 1 saturated heterocycles. The highest BCUT2D eigenvalue weighted by Gasteiger charge is 2.09. The lowest BCUT2D eigenvalue weighted by molar-refractivity contribution is 0.0368. The van der Waals surface area contributed by atoms with Crippen molar-refractivity contribution in [3.8, 4) is 0 Å². The van der Waals surface area contributed by atoms with Crippen LogP contribution >= 0.6 is 0 Å². The maximum absolute atomic E-state index is 5.74. The average Bonchev–Trinajstić information content (AvgIpc) is 2.60. The molecule has 1 aliphatic heterocycles. The lowest BCUT2D eigenvalue weighted by Gasteiger charge is -2.26. The van der Waals surface area contributed by atoms with Crippen molar-refractivity contribution in [3.05, 3.63) is 11.9 Å². The fourth-order valence-corrected chi connectivity index (χ4v) is 1.93. The molecule has 2 rings (SSSR count). The molecule has 90 valence electrons. The van der Waals surface area contributed by atoms with E-state index in [1.54, 1.807) is 0 Å². The average molecular weight is 224 g/mol. The van der Waals surface area contributed by atoms with E-state index < -0.39 is 0 Å². The van der Waals surface area contributed by atoms with E-state index in [9.17, 15) is 0 Å². The zero-order valence-electron chi connectivity index (χ0n) is 9.85. The highest BCUT2D eigenvalue weighted by molar-refractivity contribution is 5.39. The Morgan fingerprint density at radius 1 is 1.38 bits per heavy atom. The summed E-state index contributed by atoms with van der Waals surface area (Å²) in [7, 11) is 0. The van der Waals surface area contributed by atoms with E-state index in [1.807, 2.05) is 17.8 Å². The summed E-state index contributed by atoms with van der Waals surface area (Å²) in [6, 6.07) is 0. The van der Waals surface area contributed by atoms with Crippen molar-refractivity contribution < 1.29 is 4.74 Å². The Balaban J connectivity index is 1.71. The molecule has 0 amide bonds. The third-order valence-electron chi connectivity index (χ3n) is 2.95. The van der Waals surface area contributed by atoms with Crippen LogP contribution in [0.4, 0.5) is 5.69 Å². The fraction of sp³-hybridized carbons (Fsp3) is 0.727. The van der Waals surface area contributed by atoms with Gasteiger partial charge in [0.1, 0.15) is 0 Å². The molecule has 16 heavy (non-hydrogen) atoms. The third kappa shape index (κ3) is 2.96. The first-order valence-corrected chi connectivity index (χ1v) is 5.85. The van der Waals surface area contributed by atoms with Crippen LogP contribution in [0.25, 0.3) is 0 Å². The van der Waals surface area contributed by atoms with E-state index in [-0.39, 0.29) is 0 Å². The second-order valence-electron chi connectivity index (χ2n) is 4.24. The van der Waals surface area contributed by atoms with Gasteiger partial charge in [0.15, 0.2) is 0 Å².